The topological polar surface area (TPSA) is 54.0 Å². The van der Waals surface area contributed by atoms with Crippen LogP contribution in [0.2, 0.25) is 0 Å². The molecule has 0 saturated carbocycles. The summed E-state index contributed by atoms with van der Waals surface area (Å²) in [6.45, 7) is 5.88. The molecule has 1 atom stereocenters. The van der Waals surface area contributed by atoms with Crippen LogP contribution in [-0.2, 0) is 6.18 Å². The van der Waals surface area contributed by atoms with Crippen LogP contribution in [0.15, 0.2) is 42.7 Å². The van der Waals surface area contributed by atoms with Gasteiger partial charge in [-0.05, 0) is 36.6 Å². The molecular weight excluding hydrogens is 471 g/mol. The highest BCUT2D eigenvalue weighted by atomic mass is 19.4. The van der Waals surface area contributed by atoms with E-state index in [9.17, 15) is 13.2 Å². The first-order chi connectivity index (χ1) is 17.4. The number of aromatic nitrogens is 2. The van der Waals surface area contributed by atoms with Crippen LogP contribution in [0.1, 0.15) is 12.0 Å². The van der Waals surface area contributed by atoms with Gasteiger partial charge in [0.2, 0.25) is 0 Å². The lowest BCUT2D eigenvalue weighted by Crippen LogP contribution is -2.48. The van der Waals surface area contributed by atoms with Gasteiger partial charge in [0.05, 0.1) is 25.3 Å². The number of anilines is 2. The van der Waals surface area contributed by atoms with Gasteiger partial charge in [0.25, 0.3) is 0 Å². The number of hydrogen-bond donors (Lipinski definition) is 0. The number of methoxy groups -OCH3 is 2. The first-order valence-corrected chi connectivity index (χ1v) is 12.1. The van der Waals surface area contributed by atoms with Crippen LogP contribution in [0, 0.1) is 5.92 Å². The van der Waals surface area contributed by atoms with Gasteiger partial charge in [0, 0.05) is 63.0 Å². The summed E-state index contributed by atoms with van der Waals surface area (Å²) in [5.74, 6) is 2.68. The average molecular weight is 502 g/mol. The standard InChI is InChI=1S/C26H30F3N5O2/c1-35-23-13-21-22(14-24(23)36-2)30-17-31-25(21)34-7-6-18(16-34)15-32-8-10-33(11-9-32)20-5-3-4-19(12-20)26(27,28)29/h3-5,12-14,17-18H,6-11,15-16H2,1-2H3. The van der Waals surface area contributed by atoms with Gasteiger partial charge in [-0.2, -0.15) is 13.2 Å². The molecule has 0 N–H and O–H groups in total. The third-order valence-corrected chi connectivity index (χ3v) is 7.13. The predicted molar refractivity (Wildman–Crippen MR) is 133 cm³/mol. The second-order valence-electron chi connectivity index (χ2n) is 9.36. The van der Waals surface area contributed by atoms with Gasteiger partial charge in [0.15, 0.2) is 11.5 Å². The molecule has 1 unspecified atom stereocenters. The molecule has 0 radical (unpaired) electrons. The minimum Gasteiger partial charge on any atom is -0.493 e. The normalized spacial score (nSPS) is 19.2. The van der Waals surface area contributed by atoms with Gasteiger partial charge in [-0.25, -0.2) is 9.97 Å². The lowest BCUT2D eigenvalue weighted by molar-refractivity contribution is -0.137. The van der Waals surface area contributed by atoms with Crippen molar-refractivity contribution in [3.63, 3.8) is 0 Å². The quantitative estimate of drug-likeness (QED) is 0.499. The Balaban J connectivity index is 1.20. The minimum absolute atomic E-state index is 0.496. The van der Waals surface area contributed by atoms with E-state index in [1.165, 1.54) is 12.1 Å². The van der Waals surface area contributed by atoms with E-state index in [2.05, 4.69) is 19.8 Å². The van der Waals surface area contributed by atoms with Crippen LogP contribution in [0.5, 0.6) is 11.5 Å². The molecule has 2 aliphatic heterocycles. The molecule has 0 amide bonds. The first kappa shape index (κ1) is 24.4. The van der Waals surface area contributed by atoms with Crippen LogP contribution in [-0.4, -0.2) is 74.9 Å². The molecule has 3 heterocycles. The highest BCUT2D eigenvalue weighted by Crippen LogP contribution is 2.36. The van der Waals surface area contributed by atoms with Crippen molar-refractivity contribution in [1.82, 2.24) is 14.9 Å². The van der Waals surface area contributed by atoms with Crippen LogP contribution in [0.25, 0.3) is 10.9 Å². The summed E-state index contributed by atoms with van der Waals surface area (Å²) in [5, 5.41) is 0.936. The van der Waals surface area contributed by atoms with Crippen molar-refractivity contribution in [2.24, 2.45) is 5.92 Å². The number of benzene rings is 2. The molecule has 0 bridgehead atoms. The zero-order valence-electron chi connectivity index (χ0n) is 20.5. The van der Waals surface area contributed by atoms with Crippen LogP contribution in [0.3, 0.4) is 0 Å². The fourth-order valence-corrected chi connectivity index (χ4v) is 5.23. The van der Waals surface area contributed by atoms with Crippen molar-refractivity contribution in [3.8, 4) is 11.5 Å². The maximum atomic E-state index is 13.1. The summed E-state index contributed by atoms with van der Waals surface area (Å²) >= 11 is 0. The van der Waals surface area contributed by atoms with Crippen molar-refractivity contribution in [1.29, 1.82) is 0 Å². The summed E-state index contributed by atoms with van der Waals surface area (Å²) in [7, 11) is 3.22. The number of piperazine rings is 1. The Bertz CT molecular complexity index is 1210. The van der Waals surface area contributed by atoms with Crippen LogP contribution in [0.4, 0.5) is 24.7 Å². The Morgan fingerprint density at radius 3 is 2.39 bits per heavy atom. The van der Waals surface area contributed by atoms with Crippen LogP contribution >= 0.6 is 0 Å². The third-order valence-electron chi connectivity index (χ3n) is 7.13. The van der Waals surface area contributed by atoms with Crippen molar-refractivity contribution in [2.45, 2.75) is 12.6 Å². The zero-order chi connectivity index (χ0) is 25.3. The molecule has 0 spiro atoms. The molecule has 2 saturated heterocycles. The molecule has 2 aliphatic rings. The van der Waals surface area contributed by atoms with Crippen molar-refractivity contribution < 1.29 is 22.6 Å². The molecule has 1 aromatic heterocycles. The summed E-state index contributed by atoms with van der Waals surface area (Å²) in [5.41, 5.74) is 0.854. The maximum absolute atomic E-state index is 13.1. The number of rotatable bonds is 6. The predicted octanol–water partition coefficient (Wildman–Crippen LogP) is 4.31. The fourth-order valence-electron chi connectivity index (χ4n) is 5.23. The number of alkyl halides is 3. The van der Waals surface area contributed by atoms with Crippen molar-refractivity contribution >= 4 is 22.4 Å². The SMILES string of the molecule is COc1cc2ncnc(N3CCC(CN4CCN(c5cccc(C(F)(F)F)c5)CC4)C3)c2cc1OC. The van der Waals surface area contributed by atoms with Gasteiger partial charge in [-0.1, -0.05) is 6.07 Å². The maximum Gasteiger partial charge on any atom is 0.416 e. The molecule has 5 rings (SSSR count). The summed E-state index contributed by atoms with van der Waals surface area (Å²) in [4.78, 5) is 15.8. The number of nitrogens with zero attached hydrogens (tertiary/aromatic N) is 5. The third kappa shape index (κ3) is 5.00. The van der Waals surface area contributed by atoms with Gasteiger partial charge in [-0.15, -0.1) is 0 Å². The molecule has 36 heavy (non-hydrogen) atoms. The van der Waals surface area contributed by atoms with Gasteiger partial charge >= 0.3 is 6.18 Å². The van der Waals surface area contributed by atoms with E-state index in [0.717, 1.165) is 75.0 Å². The summed E-state index contributed by atoms with van der Waals surface area (Å²) in [6, 6.07) is 9.43. The molecule has 0 aliphatic carbocycles. The summed E-state index contributed by atoms with van der Waals surface area (Å²) in [6.07, 6.45) is -1.67. The summed E-state index contributed by atoms with van der Waals surface area (Å²) < 4.78 is 50.2. The van der Waals surface area contributed by atoms with Crippen molar-refractivity contribution in [2.75, 3.05) is 69.8 Å². The number of fused-ring (bicyclic) bond motifs is 1. The zero-order valence-corrected chi connectivity index (χ0v) is 20.5. The molecule has 10 heteroatoms. The van der Waals surface area contributed by atoms with E-state index in [1.54, 1.807) is 26.6 Å². The largest absolute Gasteiger partial charge is 0.493 e. The fraction of sp³-hybridized carbons (Fsp3) is 0.462. The Hall–Kier alpha value is -3.27. The number of ether oxygens (including phenoxy) is 2. The van der Waals surface area contributed by atoms with Crippen molar-refractivity contribution in [3.05, 3.63) is 48.3 Å². The number of hydrogen-bond acceptors (Lipinski definition) is 7. The van der Waals surface area contributed by atoms with E-state index < -0.39 is 11.7 Å². The van der Waals surface area contributed by atoms with Gasteiger partial charge in [-0.3, -0.25) is 4.90 Å². The first-order valence-electron chi connectivity index (χ1n) is 12.1. The molecule has 7 nitrogen and oxygen atoms in total. The molecule has 192 valence electrons. The molecule has 3 aromatic rings. The number of halogens is 3. The highest BCUT2D eigenvalue weighted by molar-refractivity contribution is 5.92. The van der Waals surface area contributed by atoms with E-state index in [4.69, 9.17) is 9.47 Å². The minimum atomic E-state index is -4.32. The highest BCUT2D eigenvalue weighted by Gasteiger charge is 2.32. The Labute approximate surface area is 208 Å². The molecule has 2 aromatic carbocycles. The lowest BCUT2D eigenvalue weighted by Gasteiger charge is -2.37. The van der Waals surface area contributed by atoms with Crippen LogP contribution < -0.4 is 19.3 Å². The molecule has 2 fully saturated rings. The molecular formula is C26H30F3N5O2. The average Bonchev–Trinajstić information content (AvgIpc) is 3.35. The van der Waals surface area contributed by atoms with E-state index in [-0.39, 0.29) is 0 Å². The Morgan fingerprint density at radius 2 is 1.67 bits per heavy atom. The van der Waals surface area contributed by atoms with E-state index in [1.807, 2.05) is 17.0 Å². The lowest BCUT2D eigenvalue weighted by atomic mass is 10.1. The van der Waals surface area contributed by atoms with E-state index >= 15 is 0 Å². The smallest absolute Gasteiger partial charge is 0.416 e. The second kappa shape index (κ2) is 10.0. The Morgan fingerprint density at radius 1 is 0.917 bits per heavy atom. The second-order valence-corrected chi connectivity index (χ2v) is 9.36. The van der Waals surface area contributed by atoms with Gasteiger partial charge in [0.1, 0.15) is 12.1 Å². The Kier molecular flexibility index (Phi) is 6.79. The van der Waals surface area contributed by atoms with E-state index in [0.29, 0.717) is 23.1 Å². The monoisotopic (exact) mass is 501 g/mol. The van der Waals surface area contributed by atoms with Gasteiger partial charge < -0.3 is 19.3 Å².